The molecule has 2 aromatic carbocycles. The molecule has 2 aromatic rings. The number of para-hydroxylation sites is 1. The van der Waals surface area contributed by atoms with E-state index in [0.717, 1.165) is 17.3 Å². The molecule has 0 bridgehead atoms. The number of halogens is 2. The lowest BCUT2D eigenvalue weighted by atomic mass is 10.1. The van der Waals surface area contributed by atoms with Crippen molar-refractivity contribution in [3.8, 4) is 11.5 Å². The minimum Gasteiger partial charge on any atom is -0.493 e. The molecule has 0 aromatic heterocycles. The van der Waals surface area contributed by atoms with Gasteiger partial charge in [-0.05, 0) is 51.8 Å². The van der Waals surface area contributed by atoms with E-state index in [-0.39, 0.29) is 15.9 Å². The number of methoxy groups -OCH3 is 2. The van der Waals surface area contributed by atoms with Gasteiger partial charge in [-0.25, -0.2) is 4.39 Å². The molecule has 1 saturated heterocycles. The third-order valence-corrected chi connectivity index (χ3v) is 5.53. The summed E-state index contributed by atoms with van der Waals surface area (Å²) in [6, 6.07) is 9.59. The van der Waals surface area contributed by atoms with Crippen LogP contribution in [0.25, 0.3) is 6.08 Å². The molecule has 0 radical (unpaired) electrons. The van der Waals surface area contributed by atoms with E-state index in [1.54, 1.807) is 37.5 Å². The van der Waals surface area contributed by atoms with Crippen molar-refractivity contribution in [3.05, 3.63) is 57.2 Å². The summed E-state index contributed by atoms with van der Waals surface area (Å²) in [5.41, 5.74) is 0.871. The Hall–Kier alpha value is -1.90. The summed E-state index contributed by atoms with van der Waals surface area (Å²) < 4.78 is 25.6. The van der Waals surface area contributed by atoms with E-state index in [1.165, 1.54) is 24.1 Å². The normalized spacial score (nSPS) is 15.7. The maximum absolute atomic E-state index is 14.1. The van der Waals surface area contributed by atoms with Gasteiger partial charge in [-0.2, -0.15) is 0 Å². The first kappa shape index (κ1) is 18.9. The van der Waals surface area contributed by atoms with Gasteiger partial charge in [-0.1, -0.05) is 36.1 Å². The zero-order chi connectivity index (χ0) is 18.8. The molecule has 0 aliphatic carbocycles. The standard InChI is InChI=1S/C18H13BrFNO3S2/c1-23-14-8-10(7-11(19)16(14)24-2)9-15-17(22)21(18(25)26-15)13-6-4-3-5-12(13)20/h3-9H,1-2H3/b15-9-. The van der Waals surface area contributed by atoms with Gasteiger partial charge in [0.25, 0.3) is 5.91 Å². The van der Waals surface area contributed by atoms with E-state index in [9.17, 15) is 9.18 Å². The number of anilines is 1. The fourth-order valence-electron chi connectivity index (χ4n) is 2.48. The van der Waals surface area contributed by atoms with Gasteiger partial charge in [0, 0.05) is 0 Å². The Morgan fingerprint density at radius 1 is 1.23 bits per heavy atom. The first-order valence-electron chi connectivity index (χ1n) is 7.40. The fraction of sp³-hybridized carbons (Fsp3) is 0.111. The van der Waals surface area contributed by atoms with Crippen molar-refractivity contribution in [2.75, 3.05) is 19.1 Å². The van der Waals surface area contributed by atoms with Gasteiger partial charge in [0.2, 0.25) is 0 Å². The van der Waals surface area contributed by atoms with Crippen molar-refractivity contribution in [1.29, 1.82) is 0 Å². The van der Waals surface area contributed by atoms with Crippen LogP contribution in [0.5, 0.6) is 11.5 Å². The molecular weight excluding hydrogens is 441 g/mol. The third-order valence-electron chi connectivity index (χ3n) is 3.64. The first-order valence-corrected chi connectivity index (χ1v) is 9.42. The van der Waals surface area contributed by atoms with Crippen LogP contribution >= 0.6 is 39.9 Å². The maximum Gasteiger partial charge on any atom is 0.270 e. The molecule has 1 fully saturated rings. The first-order chi connectivity index (χ1) is 12.5. The molecule has 1 aliphatic rings. The summed E-state index contributed by atoms with van der Waals surface area (Å²) in [7, 11) is 3.08. The smallest absolute Gasteiger partial charge is 0.270 e. The molecule has 1 heterocycles. The lowest BCUT2D eigenvalue weighted by Crippen LogP contribution is -2.28. The predicted molar refractivity (Wildman–Crippen MR) is 109 cm³/mol. The van der Waals surface area contributed by atoms with E-state index >= 15 is 0 Å². The molecule has 0 saturated carbocycles. The highest BCUT2D eigenvalue weighted by molar-refractivity contribution is 9.10. The van der Waals surface area contributed by atoms with E-state index in [2.05, 4.69) is 15.9 Å². The number of carbonyl (C=O) groups excluding carboxylic acids is 1. The summed E-state index contributed by atoms with van der Waals surface area (Å²) in [4.78, 5) is 14.4. The SMILES string of the molecule is COc1cc(/C=C2\SC(=S)N(c3ccccc3F)C2=O)cc(Br)c1OC. The highest BCUT2D eigenvalue weighted by Crippen LogP contribution is 2.40. The number of benzene rings is 2. The number of hydrogen-bond acceptors (Lipinski definition) is 5. The molecule has 1 aliphatic heterocycles. The zero-order valence-electron chi connectivity index (χ0n) is 13.8. The number of rotatable bonds is 4. The Labute approximate surface area is 168 Å². The Balaban J connectivity index is 1.99. The number of thioether (sulfide) groups is 1. The van der Waals surface area contributed by atoms with Crippen molar-refractivity contribution < 1.29 is 18.7 Å². The summed E-state index contributed by atoms with van der Waals surface area (Å²) in [6.45, 7) is 0. The van der Waals surface area contributed by atoms with Crippen LogP contribution in [0.15, 0.2) is 45.8 Å². The largest absolute Gasteiger partial charge is 0.493 e. The Morgan fingerprint density at radius 2 is 1.96 bits per heavy atom. The molecule has 0 spiro atoms. The number of nitrogens with zero attached hydrogens (tertiary/aromatic N) is 1. The van der Waals surface area contributed by atoms with Gasteiger partial charge in [0.15, 0.2) is 15.8 Å². The number of hydrogen-bond donors (Lipinski definition) is 0. The molecule has 0 atom stereocenters. The number of carbonyl (C=O) groups is 1. The highest BCUT2D eigenvalue weighted by atomic mass is 79.9. The predicted octanol–water partition coefficient (Wildman–Crippen LogP) is 5.01. The van der Waals surface area contributed by atoms with Crippen molar-refractivity contribution >= 4 is 61.9 Å². The molecule has 0 N–H and O–H groups in total. The second-order valence-corrected chi connectivity index (χ2v) is 7.74. The zero-order valence-corrected chi connectivity index (χ0v) is 17.0. The van der Waals surface area contributed by atoms with Gasteiger partial charge in [-0.3, -0.25) is 9.69 Å². The summed E-state index contributed by atoms with van der Waals surface area (Å²) >= 11 is 9.82. The van der Waals surface area contributed by atoms with Crippen LogP contribution in [0.2, 0.25) is 0 Å². The molecule has 4 nitrogen and oxygen atoms in total. The Bertz CT molecular complexity index is 933. The van der Waals surface area contributed by atoms with Crippen molar-refractivity contribution in [3.63, 3.8) is 0 Å². The molecule has 3 rings (SSSR count). The minimum absolute atomic E-state index is 0.145. The second-order valence-electron chi connectivity index (χ2n) is 5.21. The minimum atomic E-state index is -0.501. The molecule has 1 amide bonds. The topological polar surface area (TPSA) is 38.8 Å². The molecular formula is C18H13BrFNO3S2. The van der Waals surface area contributed by atoms with Crippen LogP contribution in [0.1, 0.15) is 5.56 Å². The molecule has 26 heavy (non-hydrogen) atoms. The Morgan fingerprint density at radius 3 is 2.62 bits per heavy atom. The number of thiocarbonyl (C=S) groups is 1. The van der Waals surface area contributed by atoms with Crippen LogP contribution in [0, 0.1) is 5.82 Å². The van der Waals surface area contributed by atoms with Gasteiger partial charge in [0.05, 0.1) is 29.3 Å². The quantitative estimate of drug-likeness (QED) is 0.480. The van der Waals surface area contributed by atoms with Crippen LogP contribution < -0.4 is 14.4 Å². The van der Waals surface area contributed by atoms with Crippen molar-refractivity contribution in [2.24, 2.45) is 0 Å². The summed E-state index contributed by atoms with van der Waals surface area (Å²) in [5, 5.41) is 0. The van der Waals surface area contributed by atoms with Crippen LogP contribution in [-0.4, -0.2) is 24.4 Å². The second kappa shape index (κ2) is 7.77. The van der Waals surface area contributed by atoms with E-state index in [0.29, 0.717) is 20.9 Å². The summed E-state index contributed by atoms with van der Waals surface area (Å²) in [5.74, 6) is 0.219. The van der Waals surface area contributed by atoms with E-state index in [4.69, 9.17) is 21.7 Å². The van der Waals surface area contributed by atoms with Crippen LogP contribution in [0.3, 0.4) is 0 Å². The molecule has 0 unspecified atom stereocenters. The van der Waals surface area contributed by atoms with Crippen molar-refractivity contribution in [1.82, 2.24) is 0 Å². The van der Waals surface area contributed by atoms with Gasteiger partial charge in [-0.15, -0.1) is 0 Å². The lowest BCUT2D eigenvalue weighted by molar-refractivity contribution is -0.113. The molecule has 134 valence electrons. The van der Waals surface area contributed by atoms with Crippen molar-refractivity contribution in [2.45, 2.75) is 0 Å². The van der Waals surface area contributed by atoms with Crippen LogP contribution in [-0.2, 0) is 4.79 Å². The van der Waals surface area contributed by atoms with Gasteiger partial charge >= 0.3 is 0 Å². The number of ether oxygens (including phenoxy) is 2. The highest BCUT2D eigenvalue weighted by Gasteiger charge is 2.34. The van der Waals surface area contributed by atoms with E-state index < -0.39 is 5.82 Å². The Kier molecular flexibility index (Phi) is 5.64. The molecule has 8 heteroatoms. The number of amides is 1. The van der Waals surface area contributed by atoms with Gasteiger partial charge < -0.3 is 9.47 Å². The lowest BCUT2D eigenvalue weighted by Gasteiger charge is -2.15. The van der Waals surface area contributed by atoms with Crippen LogP contribution in [0.4, 0.5) is 10.1 Å². The average molecular weight is 454 g/mol. The maximum atomic E-state index is 14.1. The summed E-state index contributed by atoms with van der Waals surface area (Å²) in [6.07, 6.45) is 1.69. The fourth-order valence-corrected chi connectivity index (χ4v) is 4.39. The third kappa shape index (κ3) is 3.49. The van der Waals surface area contributed by atoms with E-state index in [1.807, 2.05) is 0 Å². The monoisotopic (exact) mass is 453 g/mol. The van der Waals surface area contributed by atoms with Gasteiger partial charge in [0.1, 0.15) is 5.82 Å². The average Bonchev–Trinajstić information content (AvgIpc) is 2.88.